The van der Waals surface area contributed by atoms with Crippen LogP contribution in [0.5, 0.6) is 5.75 Å². The van der Waals surface area contributed by atoms with E-state index in [9.17, 15) is 24.5 Å². The predicted molar refractivity (Wildman–Crippen MR) is 120 cm³/mol. The lowest BCUT2D eigenvalue weighted by Gasteiger charge is -2.17. The van der Waals surface area contributed by atoms with Gasteiger partial charge in [-0.05, 0) is 43.3 Å². The Morgan fingerprint density at radius 3 is 2.63 bits per heavy atom. The highest BCUT2D eigenvalue weighted by atomic mass is 16.8. The highest BCUT2D eigenvalue weighted by Gasteiger charge is 2.34. The van der Waals surface area contributed by atoms with Crippen molar-refractivity contribution in [1.82, 2.24) is 5.06 Å². The van der Waals surface area contributed by atoms with E-state index in [0.29, 0.717) is 27.7 Å². The van der Waals surface area contributed by atoms with Crippen LogP contribution in [0.15, 0.2) is 46.9 Å². The highest BCUT2D eigenvalue weighted by Crippen LogP contribution is 2.35. The Labute approximate surface area is 198 Å². The molecule has 1 aliphatic rings. The van der Waals surface area contributed by atoms with Crippen LogP contribution >= 0.6 is 0 Å². The first-order valence-corrected chi connectivity index (χ1v) is 10.4. The quantitative estimate of drug-likeness (QED) is 0.160. The number of nitrogens with zero attached hydrogens (tertiary/aromatic N) is 2. The van der Waals surface area contributed by atoms with Crippen LogP contribution in [0.1, 0.15) is 31.4 Å². The molecule has 11 nitrogen and oxygen atoms in total. The van der Waals surface area contributed by atoms with Crippen molar-refractivity contribution in [2.45, 2.75) is 25.9 Å². The monoisotopic (exact) mass is 478 g/mol. The zero-order chi connectivity index (χ0) is 25.1. The van der Waals surface area contributed by atoms with Crippen LogP contribution in [0.2, 0.25) is 0 Å². The van der Waals surface area contributed by atoms with Crippen LogP contribution < -0.4 is 4.74 Å². The lowest BCUT2D eigenvalue weighted by molar-refractivity contribution is -0.386. The number of rotatable bonds is 7. The number of fused-ring (bicyclic) bond motifs is 1. The summed E-state index contributed by atoms with van der Waals surface area (Å²) in [4.78, 5) is 51.0. The molecule has 2 aromatic carbocycles. The first-order chi connectivity index (χ1) is 16.8. The number of imide groups is 1. The maximum atomic E-state index is 12.1. The molecule has 35 heavy (non-hydrogen) atoms. The van der Waals surface area contributed by atoms with Crippen molar-refractivity contribution in [2.75, 3.05) is 6.61 Å². The summed E-state index contributed by atoms with van der Waals surface area (Å²) in [5.41, 5.74) is 0.799. The van der Waals surface area contributed by atoms with Gasteiger partial charge in [-0.3, -0.25) is 24.5 Å². The summed E-state index contributed by atoms with van der Waals surface area (Å²) in [6.07, 6.45) is 2.56. The molecule has 0 N–H and O–H groups in total. The van der Waals surface area contributed by atoms with Crippen molar-refractivity contribution in [1.29, 1.82) is 0 Å². The Morgan fingerprint density at radius 1 is 1.20 bits per heavy atom. The average Bonchev–Trinajstić information content (AvgIpc) is 3.40. The SMILES string of the molecule is C#CCOc1ccc2oc(-c3ccc([N+](=O)[O-])c(C(C)OC(=O)ON4C(=O)CCC4=O)c3)cc2c1. The lowest BCUT2D eigenvalue weighted by atomic mass is 10.0. The number of hydrogen-bond donors (Lipinski definition) is 0. The van der Waals surface area contributed by atoms with Crippen molar-refractivity contribution < 1.29 is 38.0 Å². The average molecular weight is 478 g/mol. The molecular weight excluding hydrogens is 460 g/mol. The summed E-state index contributed by atoms with van der Waals surface area (Å²) < 4.78 is 16.4. The van der Waals surface area contributed by atoms with Gasteiger partial charge in [0.1, 0.15) is 29.8 Å². The van der Waals surface area contributed by atoms with E-state index >= 15 is 0 Å². The number of hydroxylamine groups is 2. The maximum Gasteiger partial charge on any atom is 0.534 e. The van der Waals surface area contributed by atoms with Gasteiger partial charge in [0.15, 0.2) is 0 Å². The third-order valence-corrected chi connectivity index (χ3v) is 5.20. The van der Waals surface area contributed by atoms with Gasteiger partial charge in [-0.1, -0.05) is 11.0 Å². The van der Waals surface area contributed by atoms with Gasteiger partial charge in [0.2, 0.25) is 0 Å². The number of benzene rings is 2. The zero-order valence-corrected chi connectivity index (χ0v) is 18.4. The van der Waals surface area contributed by atoms with Crippen molar-refractivity contribution in [3.63, 3.8) is 0 Å². The van der Waals surface area contributed by atoms with Gasteiger partial charge in [-0.15, -0.1) is 6.42 Å². The number of hydrogen-bond acceptors (Lipinski definition) is 9. The summed E-state index contributed by atoms with van der Waals surface area (Å²) in [5, 5.41) is 12.6. The van der Waals surface area contributed by atoms with E-state index in [-0.39, 0.29) is 30.7 Å². The van der Waals surface area contributed by atoms with Gasteiger partial charge in [-0.25, -0.2) is 4.79 Å². The van der Waals surface area contributed by atoms with E-state index in [0.717, 1.165) is 5.39 Å². The van der Waals surface area contributed by atoms with Gasteiger partial charge in [0.05, 0.1) is 10.5 Å². The Morgan fingerprint density at radius 2 is 1.94 bits per heavy atom. The lowest BCUT2D eigenvalue weighted by Crippen LogP contribution is -2.32. The molecule has 0 aliphatic carbocycles. The molecule has 2 amide bonds. The Kier molecular flexibility index (Phi) is 6.37. The third kappa shape index (κ3) is 4.91. The number of amides is 2. The van der Waals surface area contributed by atoms with E-state index in [4.69, 9.17) is 20.3 Å². The highest BCUT2D eigenvalue weighted by molar-refractivity contribution is 6.01. The second-order valence-corrected chi connectivity index (χ2v) is 7.52. The van der Waals surface area contributed by atoms with Gasteiger partial charge in [0.25, 0.3) is 17.5 Å². The van der Waals surface area contributed by atoms with E-state index < -0.39 is 29.0 Å². The molecule has 178 valence electrons. The van der Waals surface area contributed by atoms with Gasteiger partial charge in [0, 0.05) is 29.9 Å². The standard InChI is InChI=1S/C24H18N2O9/c1-3-10-32-17-5-7-20-16(11-17)13-21(34-20)15-4-6-19(26(30)31)18(12-15)14(2)33-24(29)35-25-22(27)8-9-23(25)28/h1,4-7,11-14H,8-10H2,2H3. The summed E-state index contributed by atoms with van der Waals surface area (Å²) >= 11 is 0. The Hall–Kier alpha value is -4.85. The molecule has 0 spiro atoms. The molecular formula is C24H18N2O9. The number of terminal acetylenes is 1. The molecule has 3 aromatic rings. The maximum absolute atomic E-state index is 12.1. The van der Waals surface area contributed by atoms with Gasteiger partial charge >= 0.3 is 6.16 Å². The molecule has 1 aliphatic heterocycles. The normalized spacial score (nSPS) is 14.0. The molecule has 1 unspecified atom stereocenters. The third-order valence-electron chi connectivity index (χ3n) is 5.20. The van der Waals surface area contributed by atoms with Crippen molar-refractivity contribution >= 4 is 34.6 Å². The fraction of sp³-hybridized carbons (Fsp3) is 0.208. The molecule has 1 atom stereocenters. The molecule has 0 saturated carbocycles. The smallest absolute Gasteiger partial charge is 0.481 e. The number of nitro benzene ring substituents is 1. The molecule has 4 rings (SSSR count). The van der Waals surface area contributed by atoms with E-state index in [1.807, 2.05) is 0 Å². The molecule has 0 bridgehead atoms. The van der Waals surface area contributed by atoms with Gasteiger partial charge < -0.3 is 13.9 Å². The number of furan rings is 1. The van der Waals surface area contributed by atoms with Crippen LogP contribution in [-0.4, -0.2) is 34.6 Å². The number of ether oxygens (including phenoxy) is 2. The molecule has 1 fully saturated rings. The zero-order valence-electron chi connectivity index (χ0n) is 18.4. The molecule has 11 heteroatoms. The minimum Gasteiger partial charge on any atom is -0.481 e. The van der Waals surface area contributed by atoms with Crippen LogP contribution in [0.25, 0.3) is 22.3 Å². The Bertz CT molecular complexity index is 1370. The van der Waals surface area contributed by atoms with Gasteiger partial charge in [-0.2, -0.15) is 0 Å². The second kappa shape index (κ2) is 9.56. The first kappa shape index (κ1) is 23.3. The van der Waals surface area contributed by atoms with Crippen molar-refractivity contribution in [3.8, 4) is 29.4 Å². The van der Waals surface area contributed by atoms with Crippen LogP contribution in [0, 0.1) is 22.5 Å². The summed E-state index contributed by atoms with van der Waals surface area (Å²) in [5.74, 6) is 2.00. The minimum atomic E-state index is -1.34. The topological polar surface area (TPSA) is 138 Å². The summed E-state index contributed by atoms with van der Waals surface area (Å²) in [6, 6.07) is 11.1. The Balaban J connectivity index is 1.59. The number of nitro groups is 1. The summed E-state index contributed by atoms with van der Waals surface area (Å²) in [6.45, 7) is 1.51. The van der Waals surface area contributed by atoms with Crippen molar-refractivity contribution in [3.05, 3.63) is 58.1 Å². The predicted octanol–water partition coefficient (Wildman–Crippen LogP) is 4.30. The number of carbonyl (C=O) groups is 3. The molecule has 2 heterocycles. The van der Waals surface area contributed by atoms with Crippen LogP contribution in [0.4, 0.5) is 10.5 Å². The van der Waals surface area contributed by atoms with E-state index in [2.05, 4.69) is 10.8 Å². The number of carbonyl (C=O) groups excluding carboxylic acids is 3. The molecule has 1 aromatic heterocycles. The fourth-order valence-electron chi connectivity index (χ4n) is 3.54. The minimum absolute atomic E-state index is 0.0574. The van der Waals surface area contributed by atoms with Crippen LogP contribution in [0.3, 0.4) is 0 Å². The van der Waals surface area contributed by atoms with E-state index in [1.165, 1.54) is 25.1 Å². The second-order valence-electron chi connectivity index (χ2n) is 7.52. The molecule has 0 radical (unpaired) electrons. The van der Waals surface area contributed by atoms with Crippen molar-refractivity contribution in [2.24, 2.45) is 0 Å². The van der Waals surface area contributed by atoms with Crippen LogP contribution in [-0.2, 0) is 19.2 Å². The molecule has 1 saturated heterocycles. The fourth-order valence-corrected chi connectivity index (χ4v) is 3.54. The summed E-state index contributed by atoms with van der Waals surface area (Å²) in [7, 11) is 0. The first-order valence-electron chi connectivity index (χ1n) is 10.4. The van der Waals surface area contributed by atoms with E-state index in [1.54, 1.807) is 24.3 Å². The largest absolute Gasteiger partial charge is 0.534 e.